The van der Waals surface area contributed by atoms with E-state index in [1.54, 1.807) is 0 Å². The average molecular weight is 382 g/mol. The first-order valence-corrected chi connectivity index (χ1v) is 8.68. The fourth-order valence-electron chi connectivity index (χ4n) is 3.37. The number of nitrogens with one attached hydrogen (secondary N) is 1. The number of hydrogen-bond acceptors (Lipinski definition) is 0. The van der Waals surface area contributed by atoms with Crippen LogP contribution in [0.25, 0.3) is 38.4 Å². The minimum Gasteiger partial charge on any atom is -0.418 e. The van der Waals surface area contributed by atoms with Crippen LogP contribution >= 0.6 is 0 Å². The molecule has 0 unspecified atom stereocenters. The van der Waals surface area contributed by atoms with Crippen molar-refractivity contribution in [3.63, 3.8) is 0 Å². The molecule has 0 aliphatic rings. The van der Waals surface area contributed by atoms with Gasteiger partial charge >= 0.3 is 7.25 Å². The lowest BCUT2D eigenvalue weighted by Gasteiger charge is -2.01. The molecule has 0 amide bonds. The maximum atomic E-state index is 9.75. The molecular formula is C21H15BF4N2. The summed E-state index contributed by atoms with van der Waals surface area (Å²) in [5.41, 5.74) is 4.76. The number of halogens is 4. The number of hydrogen-bond donors (Lipinski definition) is 1. The third-order valence-corrected chi connectivity index (χ3v) is 4.48. The van der Waals surface area contributed by atoms with Crippen LogP contribution in [0.2, 0.25) is 0 Å². The number of benzene rings is 3. The van der Waals surface area contributed by atoms with E-state index < -0.39 is 7.25 Å². The molecule has 0 fully saturated rings. The minimum atomic E-state index is -6.00. The Balaban J connectivity index is 0.000000346. The molecule has 0 spiro atoms. The van der Waals surface area contributed by atoms with Crippen LogP contribution in [0.1, 0.15) is 0 Å². The molecule has 0 saturated carbocycles. The van der Waals surface area contributed by atoms with Gasteiger partial charge in [0, 0.05) is 51.5 Å². The molecule has 0 aliphatic carbocycles. The van der Waals surface area contributed by atoms with E-state index in [4.69, 9.17) is 0 Å². The molecule has 5 aromatic rings. The topological polar surface area (TPSA) is 19.7 Å². The number of aromatic nitrogens is 2. The van der Waals surface area contributed by atoms with E-state index >= 15 is 0 Å². The zero-order valence-corrected chi connectivity index (χ0v) is 14.6. The Morgan fingerprint density at radius 1 is 0.679 bits per heavy atom. The largest absolute Gasteiger partial charge is 0.673 e. The number of H-pyrrole nitrogens is 1. The van der Waals surface area contributed by atoms with Crippen molar-refractivity contribution in [1.82, 2.24) is 4.98 Å². The van der Waals surface area contributed by atoms with Crippen molar-refractivity contribution in [2.45, 2.75) is 0 Å². The van der Waals surface area contributed by atoms with Crippen LogP contribution in [0.5, 0.6) is 0 Å². The molecule has 2 heterocycles. The Bertz CT molecular complexity index is 1270. The predicted octanol–water partition coefficient (Wildman–Crippen LogP) is 6.05. The van der Waals surface area contributed by atoms with E-state index in [0.717, 1.165) is 0 Å². The standard InChI is InChI=1S/C21H15N2.BF4/c1-4-10-21-15(6-1)7-5-13-23(21)16-11-12-20-18(14-16)17-8-2-3-9-19(17)22-20;2-1(3,4)5/h1-14,22H;/q+1;-1. The number of rotatable bonds is 1. The van der Waals surface area contributed by atoms with E-state index in [9.17, 15) is 17.3 Å². The molecule has 140 valence electrons. The van der Waals surface area contributed by atoms with Gasteiger partial charge in [0.05, 0.1) is 0 Å². The van der Waals surface area contributed by atoms with Crippen LogP contribution in [0.3, 0.4) is 0 Å². The fraction of sp³-hybridized carbons (Fsp3) is 0. The average Bonchev–Trinajstić information content (AvgIpc) is 3.04. The Morgan fingerprint density at radius 2 is 1.32 bits per heavy atom. The van der Waals surface area contributed by atoms with Gasteiger partial charge in [-0.3, -0.25) is 0 Å². The second kappa shape index (κ2) is 7.00. The highest BCUT2D eigenvalue weighted by Gasteiger charge is 2.20. The summed E-state index contributed by atoms with van der Waals surface area (Å²) in [6, 6.07) is 27.8. The van der Waals surface area contributed by atoms with Crippen molar-refractivity contribution in [2.75, 3.05) is 0 Å². The number of nitrogens with zero attached hydrogens (tertiary/aromatic N) is 1. The van der Waals surface area contributed by atoms with Crippen molar-refractivity contribution in [3.05, 3.63) is 85.1 Å². The number of para-hydroxylation sites is 2. The van der Waals surface area contributed by atoms with E-state index in [-0.39, 0.29) is 0 Å². The third-order valence-electron chi connectivity index (χ3n) is 4.48. The molecule has 0 atom stereocenters. The molecule has 0 aliphatic heterocycles. The lowest BCUT2D eigenvalue weighted by Crippen LogP contribution is -2.30. The van der Waals surface area contributed by atoms with E-state index in [1.807, 2.05) is 0 Å². The molecule has 0 bridgehead atoms. The minimum absolute atomic E-state index is 1.18. The highest BCUT2D eigenvalue weighted by atomic mass is 19.5. The predicted molar refractivity (Wildman–Crippen MR) is 105 cm³/mol. The summed E-state index contributed by atoms with van der Waals surface area (Å²) in [6.07, 6.45) is 2.12. The number of aromatic amines is 1. The summed E-state index contributed by atoms with van der Waals surface area (Å²) in [6.45, 7) is 0. The normalized spacial score (nSPS) is 11.6. The number of fused-ring (bicyclic) bond motifs is 4. The molecule has 2 aromatic heterocycles. The van der Waals surface area contributed by atoms with Gasteiger partial charge < -0.3 is 22.2 Å². The fourth-order valence-corrected chi connectivity index (χ4v) is 3.37. The number of pyridine rings is 1. The molecule has 5 rings (SSSR count). The van der Waals surface area contributed by atoms with Gasteiger partial charge in [0.2, 0.25) is 11.2 Å². The van der Waals surface area contributed by atoms with E-state index in [0.29, 0.717) is 0 Å². The van der Waals surface area contributed by atoms with Crippen molar-refractivity contribution < 1.29 is 21.8 Å². The van der Waals surface area contributed by atoms with Crippen molar-refractivity contribution >= 4 is 40.0 Å². The van der Waals surface area contributed by atoms with Crippen LogP contribution in [0.15, 0.2) is 85.1 Å². The third kappa shape index (κ3) is 3.69. The van der Waals surface area contributed by atoms with Crippen LogP contribution in [-0.4, -0.2) is 12.2 Å². The van der Waals surface area contributed by atoms with Crippen LogP contribution in [0, 0.1) is 0 Å². The van der Waals surface area contributed by atoms with Gasteiger partial charge in [0.15, 0.2) is 6.20 Å². The van der Waals surface area contributed by atoms with Gasteiger partial charge in [0.1, 0.15) is 0 Å². The van der Waals surface area contributed by atoms with E-state index in [1.165, 1.54) is 38.4 Å². The maximum absolute atomic E-state index is 9.75. The van der Waals surface area contributed by atoms with Crippen LogP contribution in [-0.2, 0) is 0 Å². The van der Waals surface area contributed by atoms with Gasteiger partial charge in [-0.05, 0) is 24.3 Å². The zero-order valence-electron chi connectivity index (χ0n) is 14.6. The second-order valence-electron chi connectivity index (χ2n) is 6.33. The Hall–Kier alpha value is -3.35. The zero-order chi connectivity index (χ0) is 19.7. The summed E-state index contributed by atoms with van der Waals surface area (Å²) in [5, 5.41) is 3.78. The van der Waals surface area contributed by atoms with Crippen molar-refractivity contribution in [1.29, 1.82) is 0 Å². The summed E-state index contributed by atoms with van der Waals surface area (Å²) < 4.78 is 41.2. The SMILES string of the molecule is F[B-](F)(F)F.c1ccc2c(c1)ccc[n+]2-c1ccc2[nH]c3ccccc3c2c1. The van der Waals surface area contributed by atoms with Gasteiger partial charge in [-0.1, -0.05) is 30.3 Å². The molecule has 0 radical (unpaired) electrons. The quantitative estimate of drug-likeness (QED) is 0.207. The molecule has 3 aromatic carbocycles. The Labute approximate surface area is 158 Å². The Kier molecular flexibility index (Phi) is 4.51. The summed E-state index contributed by atoms with van der Waals surface area (Å²) in [5.74, 6) is 0. The van der Waals surface area contributed by atoms with E-state index in [2.05, 4.69) is 94.6 Å². The van der Waals surface area contributed by atoms with Gasteiger partial charge in [0.25, 0.3) is 0 Å². The smallest absolute Gasteiger partial charge is 0.418 e. The summed E-state index contributed by atoms with van der Waals surface area (Å²) >= 11 is 0. The van der Waals surface area contributed by atoms with Gasteiger partial charge in [-0.15, -0.1) is 0 Å². The van der Waals surface area contributed by atoms with Gasteiger partial charge in [-0.25, -0.2) is 0 Å². The van der Waals surface area contributed by atoms with Crippen molar-refractivity contribution in [2.24, 2.45) is 0 Å². The first-order chi connectivity index (χ1) is 13.4. The lowest BCUT2D eigenvalue weighted by molar-refractivity contribution is -0.567. The highest BCUT2D eigenvalue weighted by molar-refractivity contribution is 6.50. The first kappa shape index (κ1) is 18.0. The molecular weight excluding hydrogens is 367 g/mol. The molecule has 0 saturated heterocycles. The molecule has 28 heavy (non-hydrogen) atoms. The maximum Gasteiger partial charge on any atom is 0.673 e. The first-order valence-electron chi connectivity index (χ1n) is 8.68. The van der Waals surface area contributed by atoms with Gasteiger partial charge in [-0.2, -0.15) is 4.57 Å². The Morgan fingerprint density at radius 3 is 2.14 bits per heavy atom. The molecule has 1 N–H and O–H groups in total. The van der Waals surface area contributed by atoms with Crippen LogP contribution in [0.4, 0.5) is 17.3 Å². The highest BCUT2D eigenvalue weighted by Crippen LogP contribution is 2.26. The molecule has 2 nitrogen and oxygen atoms in total. The monoisotopic (exact) mass is 382 g/mol. The molecule has 7 heteroatoms. The van der Waals surface area contributed by atoms with Crippen LogP contribution < -0.4 is 4.57 Å². The second-order valence-corrected chi connectivity index (χ2v) is 6.33. The summed E-state index contributed by atoms with van der Waals surface area (Å²) in [4.78, 5) is 3.48. The lowest BCUT2D eigenvalue weighted by atomic mass is 10.1. The van der Waals surface area contributed by atoms with Crippen molar-refractivity contribution in [3.8, 4) is 5.69 Å². The summed E-state index contributed by atoms with van der Waals surface area (Å²) in [7, 11) is -6.00.